The topological polar surface area (TPSA) is 32.3 Å². The van der Waals surface area contributed by atoms with Crippen LogP contribution in [-0.2, 0) is 4.79 Å². The number of amides is 1. The zero-order chi connectivity index (χ0) is 10.7. The highest BCUT2D eigenvalue weighted by Crippen LogP contribution is 2.30. The van der Waals surface area contributed by atoms with Gasteiger partial charge in [0.1, 0.15) is 0 Å². The molecule has 1 saturated carbocycles. The monoisotopic (exact) mass is 210 g/mol. The van der Waals surface area contributed by atoms with Gasteiger partial charge in [0.25, 0.3) is 0 Å². The summed E-state index contributed by atoms with van der Waals surface area (Å²) in [7, 11) is 2.01. The Bertz CT molecular complexity index is 218. The van der Waals surface area contributed by atoms with Crippen LogP contribution in [0.1, 0.15) is 38.5 Å². The van der Waals surface area contributed by atoms with E-state index < -0.39 is 0 Å². The van der Waals surface area contributed by atoms with E-state index in [-0.39, 0.29) is 0 Å². The first-order valence-corrected chi connectivity index (χ1v) is 6.24. The summed E-state index contributed by atoms with van der Waals surface area (Å²) in [5, 5.41) is 3.29. The van der Waals surface area contributed by atoms with Crippen LogP contribution in [-0.4, -0.2) is 37.0 Å². The third-order valence-electron chi connectivity index (χ3n) is 3.94. The fraction of sp³-hybridized carbons (Fsp3) is 0.917. The number of rotatable bonds is 3. The molecule has 1 aliphatic carbocycles. The van der Waals surface area contributed by atoms with Gasteiger partial charge in [-0.1, -0.05) is 6.42 Å². The van der Waals surface area contributed by atoms with Crippen molar-refractivity contribution in [1.82, 2.24) is 10.2 Å². The highest BCUT2D eigenvalue weighted by molar-refractivity contribution is 5.76. The van der Waals surface area contributed by atoms with E-state index in [1.54, 1.807) is 0 Å². The number of hydrogen-bond donors (Lipinski definition) is 1. The molecule has 0 radical (unpaired) electrons. The molecule has 1 saturated heterocycles. The van der Waals surface area contributed by atoms with Gasteiger partial charge in [-0.15, -0.1) is 0 Å². The molecule has 1 aliphatic heterocycles. The molecule has 0 unspecified atom stereocenters. The van der Waals surface area contributed by atoms with Crippen LogP contribution >= 0.6 is 0 Å². The molecule has 15 heavy (non-hydrogen) atoms. The Morgan fingerprint density at radius 3 is 2.40 bits per heavy atom. The number of carbonyl (C=O) groups excluding carboxylic acids is 1. The summed E-state index contributed by atoms with van der Waals surface area (Å²) >= 11 is 0. The van der Waals surface area contributed by atoms with Gasteiger partial charge in [-0.05, 0) is 38.6 Å². The zero-order valence-corrected chi connectivity index (χ0v) is 9.67. The molecule has 1 N–H and O–H groups in total. The second-order valence-electron chi connectivity index (χ2n) is 4.94. The number of carbonyl (C=O) groups is 1. The summed E-state index contributed by atoms with van der Waals surface area (Å²) in [6.07, 6.45) is 6.93. The number of hydrogen-bond acceptors (Lipinski definition) is 2. The van der Waals surface area contributed by atoms with Crippen molar-refractivity contribution in [2.45, 2.75) is 44.6 Å². The Kier molecular flexibility index (Phi) is 3.62. The van der Waals surface area contributed by atoms with E-state index in [4.69, 9.17) is 0 Å². The Balaban J connectivity index is 1.71. The minimum Gasteiger partial charge on any atom is -0.343 e. The minimum atomic E-state index is 0.397. The molecule has 86 valence electrons. The molecule has 1 amide bonds. The van der Waals surface area contributed by atoms with Crippen LogP contribution in [0.15, 0.2) is 0 Å². The van der Waals surface area contributed by atoms with Crippen LogP contribution in [0.3, 0.4) is 0 Å². The van der Waals surface area contributed by atoms with Crippen LogP contribution in [0.25, 0.3) is 0 Å². The SMILES string of the molecule is CNC1CCN(C(=O)CC2CCC2)CC1. The number of nitrogens with one attached hydrogen (secondary N) is 1. The molecule has 0 aromatic heterocycles. The number of piperidine rings is 1. The van der Waals surface area contributed by atoms with Crippen LogP contribution in [0.5, 0.6) is 0 Å². The molecule has 2 rings (SSSR count). The predicted octanol–water partition coefficient (Wildman–Crippen LogP) is 1.39. The standard InChI is InChI=1S/C12H22N2O/c1-13-11-5-7-14(8-6-11)12(15)9-10-3-2-4-10/h10-11,13H,2-9H2,1H3. The largest absolute Gasteiger partial charge is 0.343 e. The van der Waals surface area contributed by atoms with Crippen molar-refractivity contribution in [1.29, 1.82) is 0 Å². The minimum absolute atomic E-state index is 0.397. The third-order valence-corrected chi connectivity index (χ3v) is 3.94. The lowest BCUT2D eigenvalue weighted by Gasteiger charge is -2.34. The van der Waals surface area contributed by atoms with Gasteiger partial charge in [0.2, 0.25) is 5.91 Å². The number of nitrogens with zero attached hydrogens (tertiary/aromatic N) is 1. The molecule has 0 aromatic carbocycles. The van der Waals surface area contributed by atoms with Crippen molar-refractivity contribution >= 4 is 5.91 Å². The average molecular weight is 210 g/mol. The quantitative estimate of drug-likeness (QED) is 0.763. The van der Waals surface area contributed by atoms with Crippen molar-refractivity contribution in [3.05, 3.63) is 0 Å². The molecular weight excluding hydrogens is 188 g/mol. The maximum absolute atomic E-state index is 11.9. The van der Waals surface area contributed by atoms with Gasteiger partial charge in [0, 0.05) is 25.6 Å². The molecule has 0 atom stereocenters. The smallest absolute Gasteiger partial charge is 0.222 e. The zero-order valence-electron chi connectivity index (χ0n) is 9.67. The molecule has 3 heteroatoms. The number of likely N-dealkylation sites (tertiary alicyclic amines) is 1. The van der Waals surface area contributed by atoms with E-state index in [9.17, 15) is 4.79 Å². The van der Waals surface area contributed by atoms with E-state index >= 15 is 0 Å². The molecule has 2 fully saturated rings. The van der Waals surface area contributed by atoms with E-state index in [0.29, 0.717) is 17.9 Å². The second-order valence-corrected chi connectivity index (χ2v) is 4.94. The normalized spacial score (nSPS) is 23.9. The van der Waals surface area contributed by atoms with Gasteiger partial charge in [-0.2, -0.15) is 0 Å². The van der Waals surface area contributed by atoms with Crippen molar-refractivity contribution in [3.63, 3.8) is 0 Å². The van der Waals surface area contributed by atoms with E-state index in [2.05, 4.69) is 10.2 Å². The molecule has 0 bridgehead atoms. The first kappa shape index (κ1) is 10.9. The van der Waals surface area contributed by atoms with Gasteiger partial charge < -0.3 is 10.2 Å². The fourth-order valence-corrected chi connectivity index (χ4v) is 2.49. The van der Waals surface area contributed by atoms with Crippen LogP contribution in [0.4, 0.5) is 0 Å². The van der Waals surface area contributed by atoms with E-state index in [0.717, 1.165) is 32.4 Å². The predicted molar refractivity (Wildman–Crippen MR) is 60.6 cm³/mol. The van der Waals surface area contributed by atoms with Gasteiger partial charge in [-0.25, -0.2) is 0 Å². The van der Waals surface area contributed by atoms with Gasteiger partial charge in [0.05, 0.1) is 0 Å². The van der Waals surface area contributed by atoms with Crippen LogP contribution in [0.2, 0.25) is 0 Å². The van der Waals surface area contributed by atoms with Gasteiger partial charge >= 0.3 is 0 Å². The van der Waals surface area contributed by atoms with Crippen molar-refractivity contribution in [2.24, 2.45) is 5.92 Å². The Hall–Kier alpha value is -0.570. The summed E-state index contributed by atoms with van der Waals surface area (Å²) < 4.78 is 0. The van der Waals surface area contributed by atoms with E-state index in [1.807, 2.05) is 7.05 Å². The maximum Gasteiger partial charge on any atom is 0.222 e. The average Bonchev–Trinajstić information content (AvgIpc) is 2.23. The summed E-state index contributed by atoms with van der Waals surface area (Å²) in [5.74, 6) is 1.11. The lowest BCUT2D eigenvalue weighted by Crippen LogP contribution is -2.44. The van der Waals surface area contributed by atoms with Crippen molar-refractivity contribution < 1.29 is 4.79 Å². The van der Waals surface area contributed by atoms with Gasteiger partial charge in [-0.3, -0.25) is 4.79 Å². The molecule has 0 spiro atoms. The summed E-state index contributed by atoms with van der Waals surface area (Å²) in [5.41, 5.74) is 0. The van der Waals surface area contributed by atoms with Crippen LogP contribution in [0, 0.1) is 5.92 Å². The molecule has 0 aromatic rings. The molecular formula is C12H22N2O. The summed E-state index contributed by atoms with van der Waals surface area (Å²) in [6.45, 7) is 1.91. The van der Waals surface area contributed by atoms with E-state index in [1.165, 1.54) is 19.3 Å². The summed E-state index contributed by atoms with van der Waals surface area (Å²) in [4.78, 5) is 14.0. The third kappa shape index (κ3) is 2.71. The van der Waals surface area contributed by atoms with Crippen molar-refractivity contribution in [3.8, 4) is 0 Å². The fourth-order valence-electron chi connectivity index (χ4n) is 2.49. The highest BCUT2D eigenvalue weighted by Gasteiger charge is 2.26. The van der Waals surface area contributed by atoms with Crippen molar-refractivity contribution in [2.75, 3.05) is 20.1 Å². The maximum atomic E-state index is 11.9. The lowest BCUT2D eigenvalue weighted by molar-refractivity contribution is -0.133. The first-order chi connectivity index (χ1) is 7.29. The summed E-state index contributed by atoms with van der Waals surface area (Å²) in [6, 6.07) is 0.623. The van der Waals surface area contributed by atoms with Gasteiger partial charge in [0.15, 0.2) is 0 Å². The highest BCUT2D eigenvalue weighted by atomic mass is 16.2. The Morgan fingerprint density at radius 1 is 1.27 bits per heavy atom. The van der Waals surface area contributed by atoms with Crippen LogP contribution < -0.4 is 5.32 Å². The molecule has 2 aliphatic rings. The second kappa shape index (κ2) is 4.97. The Labute approximate surface area is 92.2 Å². The first-order valence-electron chi connectivity index (χ1n) is 6.24. The molecule has 1 heterocycles. The Morgan fingerprint density at radius 2 is 1.93 bits per heavy atom. The molecule has 3 nitrogen and oxygen atoms in total. The lowest BCUT2D eigenvalue weighted by atomic mass is 9.82.